The molecule has 0 amide bonds. The van der Waals surface area contributed by atoms with Crippen LogP contribution in [0.15, 0.2) is 18.2 Å². The molecule has 4 heteroatoms. The minimum Gasteiger partial charge on any atom is -0.478 e. The molecule has 0 saturated carbocycles. The highest BCUT2D eigenvalue weighted by molar-refractivity contribution is 5.88. The van der Waals surface area contributed by atoms with Crippen molar-refractivity contribution in [3.8, 4) is 6.07 Å². The quantitative estimate of drug-likeness (QED) is 0.867. The fraction of sp³-hybridized carbons (Fsp3) is 0.429. The Kier molecular flexibility index (Phi) is 4.73. The van der Waals surface area contributed by atoms with Crippen molar-refractivity contribution in [3.63, 3.8) is 0 Å². The highest BCUT2D eigenvalue weighted by atomic mass is 16.4. The van der Waals surface area contributed by atoms with Crippen LogP contribution in [0.3, 0.4) is 0 Å². The molecule has 0 atom stereocenters. The number of nitriles is 1. The van der Waals surface area contributed by atoms with Gasteiger partial charge in [-0.3, -0.25) is 0 Å². The molecule has 96 valence electrons. The van der Waals surface area contributed by atoms with E-state index in [0.717, 1.165) is 17.8 Å². The van der Waals surface area contributed by atoms with Crippen molar-refractivity contribution in [1.29, 1.82) is 5.26 Å². The first kappa shape index (κ1) is 14.0. The van der Waals surface area contributed by atoms with E-state index in [1.807, 2.05) is 7.05 Å². The van der Waals surface area contributed by atoms with Gasteiger partial charge in [-0.1, -0.05) is 13.8 Å². The third-order valence-electron chi connectivity index (χ3n) is 2.65. The number of carboxylic acids is 1. The lowest BCUT2D eigenvalue weighted by molar-refractivity contribution is 0.0697. The lowest BCUT2D eigenvalue weighted by Gasteiger charge is -2.24. The van der Waals surface area contributed by atoms with Gasteiger partial charge < -0.3 is 10.0 Å². The second-order valence-electron chi connectivity index (χ2n) is 4.76. The van der Waals surface area contributed by atoms with E-state index in [1.165, 1.54) is 0 Å². The number of aromatic carboxylic acids is 1. The minimum atomic E-state index is -0.966. The lowest BCUT2D eigenvalue weighted by atomic mass is 10.0. The maximum Gasteiger partial charge on any atom is 0.335 e. The van der Waals surface area contributed by atoms with Crippen molar-refractivity contribution >= 4 is 11.7 Å². The Morgan fingerprint density at radius 3 is 2.67 bits per heavy atom. The first-order chi connectivity index (χ1) is 8.45. The number of carboxylic acid groups (broad SMARTS) is 1. The predicted octanol–water partition coefficient (Wildman–Crippen LogP) is 2.54. The topological polar surface area (TPSA) is 64.3 Å². The number of benzene rings is 1. The highest BCUT2D eigenvalue weighted by Gasteiger charge is 2.12. The van der Waals surface area contributed by atoms with Gasteiger partial charge in [0.15, 0.2) is 0 Å². The molecule has 0 aliphatic heterocycles. The molecule has 0 spiro atoms. The van der Waals surface area contributed by atoms with Gasteiger partial charge >= 0.3 is 5.97 Å². The summed E-state index contributed by atoms with van der Waals surface area (Å²) in [5, 5.41) is 17.8. The molecule has 1 aromatic carbocycles. The zero-order valence-corrected chi connectivity index (χ0v) is 11.0. The smallest absolute Gasteiger partial charge is 0.335 e. The molecule has 0 heterocycles. The van der Waals surface area contributed by atoms with Gasteiger partial charge in [0, 0.05) is 19.3 Å². The van der Waals surface area contributed by atoms with Crippen molar-refractivity contribution in [2.75, 3.05) is 18.5 Å². The maximum absolute atomic E-state index is 10.9. The summed E-state index contributed by atoms with van der Waals surface area (Å²) in [6, 6.07) is 7.02. The van der Waals surface area contributed by atoms with Gasteiger partial charge in [0.25, 0.3) is 0 Å². The summed E-state index contributed by atoms with van der Waals surface area (Å²) in [6.45, 7) is 5.10. The summed E-state index contributed by atoms with van der Waals surface area (Å²) in [5.74, 6) is -0.462. The van der Waals surface area contributed by atoms with Crippen LogP contribution in [-0.4, -0.2) is 24.7 Å². The molecular formula is C14H18N2O2. The van der Waals surface area contributed by atoms with Crippen LogP contribution in [0.1, 0.15) is 29.8 Å². The molecule has 1 rings (SSSR count). The highest BCUT2D eigenvalue weighted by Crippen LogP contribution is 2.22. The Hall–Kier alpha value is -2.02. The summed E-state index contributed by atoms with van der Waals surface area (Å²) in [5.41, 5.74) is 1.91. The SMILES string of the molecule is CC(C)CN(C)c1ccc(C(=O)O)cc1CC#N. The van der Waals surface area contributed by atoms with Crippen molar-refractivity contribution < 1.29 is 9.90 Å². The molecule has 4 nitrogen and oxygen atoms in total. The van der Waals surface area contributed by atoms with Crippen LogP contribution < -0.4 is 4.90 Å². The number of carbonyl (C=O) groups is 1. The van der Waals surface area contributed by atoms with Crippen molar-refractivity contribution in [1.82, 2.24) is 0 Å². The summed E-state index contributed by atoms with van der Waals surface area (Å²) in [7, 11) is 1.96. The number of anilines is 1. The van der Waals surface area contributed by atoms with E-state index >= 15 is 0 Å². The van der Waals surface area contributed by atoms with Crippen LogP contribution in [0.4, 0.5) is 5.69 Å². The molecule has 0 radical (unpaired) electrons. The first-order valence-corrected chi connectivity index (χ1v) is 5.90. The van der Waals surface area contributed by atoms with Crippen LogP contribution in [0.5, 0.6) is 0 Å². The monoisotopic (exact) mass is 246 g/mol. The average Bonchev–Trinajstić information content (AvgIpc) is 2.28. The Morgan fingerprint density at radius 2 is 2.17 bits per heavy atom. The van der Waals surface area contributed by atoms with E-state index in [9.17, 15) is 4.79 Å². The Balaban J connectivity index is 3.11. The Morgan fingerprint density at radius 1 is 1.50 bits per heavy atom. The molecule has 0 aliphatic carbocycles. The zero-order valence-electron chi connectivity index (χ0n) is 11.0. The normalized spacial score (nSPS) is 10.2. The Labute approximate surface area is 107 Å². The maximum atomic E-state index is 10.9. The van der Waals surface area contributed by atoms with Gasteiger partial charge in [-0.25, -0.2) is 4.79 Å². The van der Waals surface area contributed by atoms with Crippen LogP contribution in [-0.2, 0) is 6.42 Å². The number of rotatable bonds is 5. The van der Waals surface area contributed by atoms with Gasteiger partial charge in [0.05, 0.1) is 18.1 Å². The fourth-order valence-corrected chi connectivity index (χ4v) is 1.96. The largest absolute Gasteiger partial charge is 0.478 e. The van der Waals surface area contributed by atoms with Gasteiger partial charge in [0.2, 0.25) is 0 Å². The van der Waals surface area contributed by atoms with Crippen LogP contribution in [0.2, 0.25) is 0 Å². The molecule has 0 unspecified atom stereocenters. The minimum absolute atomic E-state index is 0.221. The molecule has 1 aromatic rings. The lowest BCUT2D eigenvalue weighted by Crippen LogP contribution is -2.23. The molecule has 0 bridgehead atoms. The van der Waals surface area contributed by atoms with Crippen molar-refractivity contribution in [2.45, 2.75) is 20.3 Å². The van der Waals surface area contributed by atoms with Crippen molar-refractivity contribution in [3.05, 3.63) is 29.3 Å². The van der Waals surface area contributed by atoms with Crippen LogP contribution in [0.25, 0.3) is 0 Å². The third kappa shape index (κ3) is 3.49. The third-order valence-corrected chi connectivity index (χ3v) is 2.65. The zero-order chi connectivity index (χ0) is 13.7. The molecule has 0 saturated heterocycles. The van der Waals surface area contributed by atoms with Crippen molar-refractivity contribution in [2.24, 2.45) is 5.92 Å². The fourth-order valence-electron chi connectivity index (χ4n) is 1.96. The van der Waals surface area contributed by atoms with E-state index in [4.69, 9.17) is 10.4 Å². The standard InChI is InChI=1S/C14H18N2O2/c1-10(2)9-16(3)13-5-4-12(14(17)18)8-11(13)6-7-15/h4-5,8,10H,6,9H2,1-3H3,(H,17,18). The summed E-state index contributed by atoms with van der Waals surface area (Å²) in [4.78, 5) is 13.0. The predicted molar refractivity (Wildman–Crippen MR) is 70.8 cm³/mol. The van der Waals surface area contributed by atoms with E-state index in [1.54, 1.807) is 18.2 Å². The Bertz CT molecular complexity index is 475. The van der Waals surface area contributed by atoms with Crippen LogP contribution in [0, 0.1) is 17.2 Å². The molecular weight excluding hydrogens is 228 g/mol. The number of hydrogen-bond acceptors (Lipinski definition) is 3. The first-order valence-electron chi connectivity index (χ1n) is 5.90. The molecule has 1 N–H and O–H groups in total. The second-order valence-corrected chi connectivity index (χ2v) is 4.76. The molecule has 0 aliphatic rings. The van der Waals surface area contributed by atoms with Gasteiger partial charge in [-0.15, -0.1) is 0 Å². The van der Waals surface area contributed by atoms with Crippen LogP contribution >= 0.6 is 0 Å². The second kappa shape index (κ2) is 6.06. The molecule has 0 fully saturated rings. The average molecular weight is 246 g/mol. The van der Waals surface area contributed by atoms with E-state index in [0.29, 0.717) is 5.92 Å². The van der Waals surface area contributed by atoms with Gasteiger partial charge in [-0.2, -0.15) is 5.26 Å². The van der Waals surface area contributed by atoms with E-state index in [-0.39, 0.29) is 12.0 Å². The number of hydrogen-bond donors (Lipinski definition) is 1. The summed E-state index contributed by atoms with van der Waals surface area (Å²) >= 11 is 0. The summed E-state index contributed by atoms with van der Waals surface area (Å²) < 4.78 is 0. The molecule has 18 heavy (non-hydrogen) atoms. The van der Waals surface area contributed by atoms with Gasteiger partial charge in [-0.05, 0) is 29.7 Å². The summed E-state index contributed by atoms with van der Waals surface area (Å²) in [6.07, 6.45) is 0.221. The number of nitrogens with zero attached hydrogens (tertiary/aromatic N) is 2. The van der Waals surface area contributed by atoms with E-state index < -0.39 is 5.97 Å². The van der Waals surface area contributed by atoms with E-state index in [2.05, 4.69) is 24.8 Å². The van der Waals surface area contributed by atoms with Gasteiger partial charge in [0.1, 0.15) is 0 Å². The molecule has 0 aromatic heterocycles.